The zero-order valence-corrected chi connectivity index (χ0v) is 17.6. The van der Waals surface area contributed by atoms with Crippen molar-refractivity contribution in [2.24, 2.45) is 0 Å². The Morgan fingerprint density at radius 2 is 1.76 bits per heavy atom. The van der Waals surface area contributed by atoms with Gasteiger partial charge in [-0.2, -0.15) is 0 Å². The molecule has 1 N–H and O–H groups in total. The Morgan fingerprint density at radius 3 is 2.30 bits per heavy atom. The van der Waals surface area contributed by atoms with Gasteiger partial charge < -0.3 is 14.6 Å². The van der Waals surface area contributed by atoms with Gasteiger partial charge in [0.25, 0.3) is 5.91 Å². The van der Waals surface area contributed by atoms with E-state index in [0.717, 1.165) is 34.9 Å². The van der Waals surface area contributed by atoms with E-state index in [4.69, 9.17) is 4.74 Å². The van der Waals surface area contributed by atoms with Crippen LogP contribution in [0.4, 0.5) is 22.0 Å². The Bertz CT molecular complexity index is 1230. The highest BCUT2D eigenvalue weighted by Gasteiger charge is 2.32. The van der Waals surface area contributed by atoms with Crippen molar-refractivity contribution in [3.05, 3.63) is 58.8 Å². The van der Waals surface area contributed by atoms with E-state index in [0.29, 0.717) is 0 Å². The van der Waals surface area contributed by atoms with Crippen molar-refractivity contribution < 1.29 is 46.1 Å². The van der Waals surface area contributed by atoms with Gasteiger partial charge in [0.15, 0.2) is 17.4 Å². The van der Waals surface area contributed by atoms with Crippen molar-refractivity contribution in [3.63, 3.8) is 0 Å². The molecule has 0 amide bonds. The lowest BCUT2D eigenvalue weighted by atomic mass is 9.97. The van der Waals surface area contributed by atoms with Gasteiger partial charge in [-0.3, -0.25) is 14.2 Å². The molecule has 0 fully saturated rings. The average Bonchev–Trinajstić information content (AvgIpc) is 3.02. The van der Waals surface area contributed by atoms with E-state index in [1.54, 1.807) is 6.92 Å². The summed E-state index contributed by atoms with van der Waals surface area (Å²) < 4.78 is 75.9. The smallest absolute Gasteiger partial charge is 0.503 e. The van der Waals surface area contributed by atoms with Crippen molar-refractivity contribution in [3.8, 4) is 11.5 Å². The highest BCUT2D eigenvalue weighted by atomic mass is 19.4. The third-order valence-electron chi connectivity index (χ3n) is 5.02. The minimum absolute atomic E-state index is 0.00150. The maximum absolute atomic E-state index is 14.9. The van der Waals surface area contributed by atoms with Crippen LogP contribution in [0, 0.1) is 18.6 Å². The lowest BCUT2D eigenvalue weighted by Crippen LogP contribution is -2.18. The van der Waals surface area contributed by atoms with Crippen LogP contribution >= 0.6 is 0 Å². The predicted molar refractivity (Wildman–Crippen MR) is 106 cm³/mol. The van der Waals surface area contributed by atoms with Gasteiger partial charge in [-0.05, 0) is 50.6 Å². The molecule has 176 valence electrons. The van der Waals surface area contributed by atoms with Crippen LogP contribution in [0.15, 0.2) is 30.3 Å². The molecular formula is C22H18F5NO5. The number of benzene rings is 2. The summed E-state index contributed by atoms with van der Waals surface area (Å²) in [6.45, 7) is 4.39. The number of alkyl halides is 3. The number of fused-ring (bicyclic) bond motifs is 1. The summed E-state index contributed by atoms with van der Waals surface area (Å²) in [5, 5.41) is 9.42. The molecule has 6 nitrogen and oxygen atoms in total. The van der Waals surface area contributed by atoms with Gasteiger partial charge in [0, 0.05) is 22.7 Å². The molecule has 3 rings (SSSR count). The number of rotatable bonds is 5. The fourth-order valence-electron chi connectivity index (χ4n) is 3.62. The van der Waals surface area contributed by atoms with Crippen LogP contribution in [-0.4, -0.2) is 34.5 Å². The molecule has 11 heteroatoms. The number of hydrogen-bond donors (Lipinski definition) is 1. The topological polar surface area (TPSA) is 77.8 Å². The number of esters is 1. The number of carbonyl (C=O) groups is 2. The fraction of sp³-hybridized carbons (Fsp3) is 0.273. The molecule has 1 unspecified atom stereocenters. The molecule has 2 aromatic carbocycles. The summed E-state index contributed by atoms with van der Waals surface area (Å²) in [7, 11) is 0. The van der Waals surface area contributed by atoms with Crippen LogP contribution in [0.2, 0.25) is 0 Å². The SMILES string of the molecule is CCOC(=O)C(C)c1c(C)n(C(=O)c2ccc(OC(F)(F)F)cc2)c2cc(F)c(O)c(F)c12. The second kappa shape index (κ2) is 8.72. The van der Waals surface area contributed by atoms with E-state index in [1.807, 2.05) is 0 Å². The van der Waals surface area contributed by atoms with Gasteiger partial charge in [-0.25, -0.2) is 8.78 Å². The molecule has 3 aromatic rings. The van der Waals surface area contributed by atoms with E-state index in [2.05, 4.69) is 4.74 Å². The highest BCUT2D eigenvalue weighted by molar-refractivity contribution is 6.05. The minimum atomic E-state index is -4.92. The molecule has 0 aliphatic heterocycles. The van der Waals surface area contributed by atoms with E-state index < -0.39 is 47.3 Å². The molecule has 1 aromatic heterocycles. The summed E-state index contributed by atoms with van der Waals surface area (Å²) >= 11 is 0. The van der Waals surface area contributed by atoms with Crippen molar-refractivity contribution in [2.45, 2.75) is 33.1 Å². The summed E-state index contributed by atoms with van der Waals surface area (Å²) in [4.78, 5) is 25.5. The average molecular weight is 471 g/mol. The molecule has 0 spiro atoms. The van der Waals surface area contributed by atoms with Crippen LogP contribution in [-0.2, 0) is 9.53 Å². The number of ether oxygens (including phenoxy) is 2. The molecule has 1 heterocycles. The maximum Gasteiger partial charge on any atom is 0.573 e. The van der Waals surface area contributed by atoms with Crippen LogP contribution in [0.3, 0.4) is 0 Å². The van der Waals surface area contributed by atoms with Crippen LogP contribution in [0.1, 0.15) is 41.4 Å². The van der Waals surface area contributed by atoms with Crippen LogP contribution in [0.5, 0.6) is 11.5 Å². The summed E-state index contributed by atoms with van der Waals surface area (Å²) in [5.41, 5.74) is -0.322. The molecule has 0 saturated carbocycles. The van der Waals surface area contributed by atoms with Gasteiger partial charge in [-0.15, -0.1) is 13.2 Å². The number of aromatic nitrogens is 1. The maximum atomic E-state index is 14.9. The Hall–Kier alpha value is -3.63. The number of carbonyl (C=O) groups excluding carboxylic acids is 2. The molecule has 0 radical (unpaired) electrons. The first-order chi connectivity index (χ1) is 15.4. The third kappa shape index (κ3) is 4.48. The summed E-state index contributed by atoms with van der Waals surface area (Å²) in [6.07, 6.45) is -4.92. The quantitative estimate of drug-likeness (QED) is 0.410. The molecule has 1 atom stereocenters. The molecule has 0 aliphatic rings. The number of phenolic OH excluding ortho intramolecular Hbond substituents is 1. The van der Waals surface area contributed by atoms with Gasteiger partial charge in [0.2, 0.25) is 0 Å². The molecule has 33 heavy (non-hydrogen) atoms. The van der Waals surface area contributed by atoms with E-state index in [1.165, 1.54) is 13.8 Å². The highest BCUT2D eigenvalue weighted by Crippen LogP contribution is 2.39. The van der Waals surface area contributed by atoms with Crippen molar-refractivity contribution in [1.29, 1.82) is 0 Å². The number of halogens is 5. The lowest BCUT2D eigenvalue weighted by molar-refractivity contribution is -0.274. The van der Waals surface area contributed by atoms with Crippen molar-refractivity contribution in [2.75, 3.05) is 6.61 Å². The first-order valence-electron chi connectivity index (χ1n) is 9.66. The predicted octanol–water partition coefficient (Wildman–Crippen LogP) is 5.19. The monoisotopic (exact) mass is 471 g/mol. The van der Waals surface area contributed by atoms with Crippen LogP contribution < -0.4 is 4.74 Å². The van der Waals surface area contributed by atoms with Gasteiger partial charge >= 0.3 is 12.3 Å². The second-order valence-corrected chi connectivity index (χ2v) is 7.10. The Morgan fingerprint density at radius 1 is 1.15 bits per heavy atom. The van der Waals surface area contributed by atoms with Crippen LogP contribution in [0.25, 0.3) is 10.9 Å². The van der Waals surface area contributed by atoms with Gasteiger partial charge in [0.05, 0.1) is 18.0 Å². The summed E-state index contributed by atoms with van der Waals surface area (Å²) in [6, 6.07) is 4.67. The molecular weight excluding hydrogens is 453 g/mol. The van der Waals surface area contributed by atoms with E-state index in [9.17, 15) is 36.6 Å². The fourth-order valence-corrected chi connectivity index (χ4v) is 3.62. The lowest BCUT2D eigenvalue weighted by Gasteiger charge is -2.13. The number of nitrogens with zero attached hydrogens (tertiary/aromatic N) is 1. The van der Waals surface area contributed by atoms with E-state index >= 15 is 0 Å². The Kier molecular flexibility index (Phi) is 6.35. The third-order valence-corrected chi connectivity index (χ3v) is 5.02. The molecule has 0 aliphatic carbocycles. The van der Waals surface area contributed by atoms with Crippen molar-refractivity contribution in [1.82, 2.24) is 4.57 Å². The zero-order chi connectivity index (χ0) is 24.7. The largest absolute Gasteiger partial charge is 0.573 e. The first kappa shape index (κ1) is 24.0. The minimum Gasteiger partial charge on any atom is -0.503 e. The number of hydrogen-bond acceptors (Lipinski definition) is 5. The summed E-state index contributed by atoms with van der Waals surface area (Å²) in [5.74, 6) is -7.18. The Balaban J connectivity index is 2.19. The molecule has 0 saturated heterocycles. The Labute approximate surface area is 184 Å². The first-order valence-corrected chi connectivity index (χ1v) is 9.66. The van der Waals surface area contributed by atoms with Gasteiger partial charge in [0.1, 0.15) is 5.75 Å². The second-order valence-electron chi connectivity index (χ2n) is 7.10. The standard InChI is InChI=1S/C22H18F5NO5/c1-4-32-21(31)10(2)16-11(3)28(15-9-14(23)19(29)18(24)17(15)16)20(30)12-5-7-13(8-6-12)33-22(25,26)27/h5-10,29H,4H2,1-3H3. The normalized spacial score (nSPS) is 12.6. The van der Waals surface area contributed by atoms with Crippen molar-refractivity contribution >= 4 is 22.8 Å². The number of phenols is 1. The zero-order valence-electron chi connectivity index (χ0n) is 17.6. The van der Waals surface area contributed by atoms with Gasteiger partial charge in [-0.1, -0.05) is 0 Å². The molecule has 0 bridgehead atoms. The van der Waals surface area contributed by atoms with E-state index in [-0.39, 0.29) is 34.3 Å². The number of aromatic hydroxyl groups is 1.